The molecule has 0 spiro atoms. The van der Waals surface area contributed by atoms with Crippen LogP contribution in [-0.4, -0.2) is 292 Å². The summed E-state index contributed by atoms with van der Waals surface area (Å²) in [7, 11) is 1.42. The molecule has 5 rings (SSSR count). The Labute approximate surface area is 622 Å². The third-order valence-corrected chi connectivity index (χ3v) is 18.0. The van der Waals surface area contributed by atoms with Crippen LogP contribution in [0.4, 0.5) is 5.69 Å². The van der Waals surface area contributed by atoms with E-state index in [1.54, 1.807) is 63.9 Å². The molecule has 18 N–H and O–H groups in total. The lowest BCUT2D eigenvalue weighted by Crippen LogP contribution is -2.59. The predicted octanol–water partition coefficient (Wildman–Crippen LogP) is -3.72. The molecule has 2 aromatic carbocycles. The van der Waals surface area contributed by atoms with Crippen molar-refractivity contribution in [2.45, 2.75) is 115 Å². The van der Waals surface area contributed by atoms with Gasteiger partial charge in [0.25, 0.3) is 5.91 Å². The van der Waals surface area contributed by atoms with Crippen molar-refractivity contribution in [1.82, 2.24) is 82.4 Å². The highest BCUT2D eigenvalue weighted by Crippen LogP contribution is 2.21. The lowest BCUT2D eigenvalue weighted by atomic mass is 10.0. The number of benzene rings is 2. The standard InChI is InChI=1S/C69H101N19O18S/c1-40(2)28-51(67(104)79-49(62(71)99)18-27-107-7)81-68(105)53(30-45-32-72-39-76-45)78-55(90)33-75-69(106)61(41(3)4)83-63(100)42(5)77-66(103)52(29-44-31-73-48-11-9-8-10-47(44)48)82-65(102)50(16-17-54(70)89)80-64(101)43-12-14-46(15-13-43)84(6)57(92)34-74-56(91)35-85-19-21-86(36-58(93)94)23-25-88(38-60(97)98)26-24-87(22-20-85)37-59(95)96/h8-15,31-32,39-42,49-53,61,73H,16-30,33-38H2,1-7H3,(H2,70,89)(H2,71,99)(H,72,76)(H,74,91)(H,75,106)(H,77,103)(H,78,90)(H,79,104)(H,80,101)(H,81,105)(H,82,102)(H,83,100)(H,93,94)(H,95,96)(H,97,98)/t42-,49-,50-,51-,52-,53-,61-/m0/s1. The Morgan fingerprint density at radius 2 is 1.09 bits per heavy atom. The molecular formula is C69H101N19O18S. The summed E-state index contributed by atoms with van der Waals surface area (Å²) < 4.78 is 0. The van der Waals surface area contributed by atoms with Crippen LogP contribution in [0.2, 0.25) is 0 Å². The second-order valence-corrected chi connectivity index (χ2v) is 27.7. The van der Waals surface area contributed by atoms with Gasteiger partial charge in [0.2, 0.25) is 65.0 Å². The number of thioether (sulfide) groups is 1. The average Bonchev–Trinajstić information content (AvgIpc) is 1.66. The van der Waals surface area contributed by atoms with Gasteiger partial charge in [0.05, 0.1) is 51.3 Å². The molecule has 12 amide bonds. The van der Waals surface area contributed by atoms with E-state index in [0.717, 1.165) is 0 Å². The first kappa shape index (κ1) is 87.1. The van der Waals surface area contributed by atoms with Crippen molar-refractivity contribution in [3.05, 3.63) is 84.1 Å². The number of H-pyrrole nitrogens is 2. The number of nitrogens with zero attached hydrogens (tertiary/aromatic N) is 6. The second kappa shape index (κ2) is 43.8. The Morgan fingerprint density at radius 3 is 1.63 bits per heavy atom. The molecule has 3 heterocycles. The van der Waals surface area contributed by atoms with Crippen molar-refractivity contribution in [2.24, 2.45) is 23.3 Å². The zero-order valence-corrected chi connectivity index (χ0v) is 61.9. The number of carboxylic acid groups (broad SMARTS) is 3. The number of carbonyl (C=O) groups is 15. The Bertz CT molecular complexity index is 3700. The molecule has 38 heteroatoms. The lowest BCUT2D eigenvalue weighted by molar-refractivity contribution is -0.140. The zero-order valence-electron chi connectivity index (χ0n) is 61.1. The number of carboxylic acids is 3. The fraction of sp³-hybridized carbons (Fsp3) is 0.536. The van der Waals surface area contributed by atoms with Crippen LogP contribution in [0.5, 0.6) is 0 Å². The van der Waals surface area contributed by atoms with Gasteiger partial charge in [-0.05, 0) is 85.9 Å². The van der Waals surface area contributed by atoms with E-state index in [0.29, 0.717) is 27.9 Å². The van der Waals surface area contributed by atoms with Gasteiger partial charge >= 0.3 is 17.9 Å². The third kappa shape index (κ3) is 30.4. The molecule has 37 nitrogen and oxygen atoms in total. The number of anilines is 1. The molecule has 0 saturated carbocycles. The minimum absolute atomic E-state index is 0.0125. The first-order valence-electron chi connectivity index (χ1n) is 34.9. The van der Waals surface area contributed by atoms with Crippen molar-refractivity contribution in [3.8, 4) is 0 Å². The van der Waals surface area contributed by atoms with Crippen molar-refractivity contribution in [1.29, 1.82) is 0 Å². The SMILES string of the molecule is CSCC[C@H](NC(=O)[C@H](CC(C)C)NC(=O)[C@H](Cc1c[nH]cn1)NC(=O)CNC(=O)[C@@H](NC(=O)[C@H](C)NC(=O)[C@H](Cc1c[nH]c2ccccc12)NC(=O)[C@H](CCC(N)=O)NC(=O)c1ccc(N(C)C(=O)CNC(=O)CN2CCN(CC(=O)O)CCN(CC(=O)O)CCN(CC(=O)O)CC2)cc1)C(C)C)C(N)=O. The molecule has 0 bridgehead atoms. The number of aliphatic carboxylic acids is 3. The highest BCUT2D eigenvalue weighted by molar-refractivity contribution is 7.98. The van der Waals surface area contributed by atoms with Gasteiger partial charge in [0.15, 0.2) is 0 Å². The van der Waals surface area contributed by atoms with Gasteiger partial charge in [-0.2, -0.15) is 11.8 Å². The van der Waals surface area contributed by atoms with Crippen LogP contribution in [0.3, 0.4) is 0 Å². The van der Waals surface area contributed by atoms with Crippen molar-refractivity contribution < 1.29 is 87.2 Å². The van der Waals surface area contributed by atoms with Crippen molar-refractivity contribution in [3.63, 3.8) is 0 Å². The maximum atomic E-state index is 14.5. The molecule has 2 aromatic heterocycles. The molecule has 1 fully saturated rings. The van der Waals surface area contributed by atoms with Crippen LogP contribution >= 0.6 is 11.8 Å². The zero-order chi connectivity index (χ0) is 79.0. The summed E-state index contributed by atoms with van der Waals surface area (Å²) in [5.74, 6) is -12.9. The number of aromatic amines is 2. The van der Waals surface area contributed by atoms with Gasteiger partial charge in [-0.3, -0.25) is 91.5 Å². The van der Waals surface area contributed by atoms with E-state index in [2.05, 4.69) is 62.8 Å². The summed E-state index contributed by atoms with van der Waals surface area (Å²) in [6, 6.07) is 3.49. The minimum atomic E-state index is -1.50. The Kier molecular flexibility index (Phi) is 35.6. The summed E-state index contributed by atoms with van der Waals surface area (Å²) in [6.07, 6.45) is 5.65. The Balaban J connectivity index is 1.23. The van der Waals surface area contributed by atoms with E-state index in [1.165, 1.54) is 67.4 Å². The summed E-state index contributed by atoms with van der Waals surface area (Å²) in [5, 5.41) is 52.7. The number of hydrogen-bond donors (Lipinski definition) is 16. The van der Waals surface area contributed by atoms with Crippen LogP contribution < -0.4 is 64.2 Å². The number of imidazole rings is 1. The molecule has 7 atom stereocenters. The highest BCUT2D eigenvalue weighted by atomic mass is 32.2. The van der Waals surface area contributed by atoms with Crippen LogP contribution in [-0.2, 0) is 80.0 Å². The number of carbonyl (C=O) groups excluding carboxylic acids is 12. The topological polar surface area (TPSA) is 538 Å². The van der Waals surface area contributed by atoms with Crippen LogP contribution in [0.25, 0.3) is 10.9 Å². The largest absolute Gasteiger partial charge is 0.480 e. The number of amides is 12. The number of para-hydroxylation sites is 1. The second-order valence-electron chi connectivity index (χ2n) is 26.7. The van der Waals surface area contributed by atoms with E-state index in [4.69, 9.17) is 11.5 Å². The van der Waals surface area contributed by atoms with Crippen LogP contribution in [0, 0.1) is 11.8 Å². The fourth-order valence-corrected chi connectivity index (χ4v) is 11.9. The number of fused-ring (bicyclic) bond motifs is 1. The normalized spacial score (nSPS) is 15.4. The maximum Gasteiger partial charge on any atom is 0.317 e. The number of primary amides is 2. The highest BCUT2D eigenvalue weighted by Gasteiger charge is 2.35. The molecule has 1 aliphatic rings. The third-order valence-electron chi connectivity index (χ3n) is 17.4. The molecule has 0 radical (unpaired) electrons. The molecule has 586 valence electrons. The Morgan fingerprint density at radius 1 is 0.561 bits per heavy atom. The average molecular weight is 1520 g/mol. The molecular weight excluding hydrogens is 1410 g/mol. The summed E-state index contributed by atoms with van der Waals surface area (Å²) in [5.41, 5.74) is 13.0. The van der Waals surface area contributed by atoms with Gasteiger partial charge in [-0.15, -0.1) is 0 Å². The summed E-state index contributed by atoms with van der Waals surface area (Å²) in [6.45, 7) is 7.07. The molecule has 0 aliphatic carbocycles. The number of hydrogen-bond acceptors (Lipinski definition) is 21. The monoisotopic (exact) mass is 1520 g/mol. The van der Waals surface area contributed by atoms with E-state index in [1.807, 2.05) is 20.1 Å². The number of nitrogens with one attached hydrogen (secondary N) is 11. The van der Waals surface area contributed by atoms with Crippen LogP contribution in [0.15, 0.2) is 67.3 Å². The molecule has 0 unspecified atom stereocenters. The maximum absolute atomic E-state index is 14.5. The molecule has 107 heavy (non-hydrogen) atoms. The van der Waals surface area contributed by atoms with Gasteiger partial charge in [-0.1, -0.05) is 45.9 Å². The van der Waals surface area contributed by atoms with Crippen LogP contribution in [0.1, 0.15) is 81.9 Å². The number of likely N-dealkylation sites (N-methyl/N-ethyl adjacent to an activating group) is 1. The van der Waals surface area contributed by atoms with E-state index in [-0.39, 0.29) is 128 Å². The van der Waals surface area contributed by atoms with E-state index in [9.17, 15) is 87.2 Å². The smallest absolute Gasteiger partial charge is 0.317 e. The summed E-state index contributed by atoms with van der Waals surface area (Å²) >= 11 is 1.45. The van der Waals surface area contributed by atoms with Crippen molar-refractivity contribution in [2.75, 3.05) is 116 Å². The van der Waals surface area contributed by atoms with Gasteiger partial charge in [0, 0.05) is 113 Å². The number of nitrogens with two attached hydrogens (primary N) is 2. The van der Waals surface area contributed by atoms with E-state index < -0.39 is 157 Å². The van der Waals surface area contributed by atoms with E-state index >= 15 is 0 Å². The first-order valence-corrected chi connectivity index (χ1v) is 36.3. The predicted molar refractivity (Wildman–Crippen MR) is 392 cm³/mol. The minimum Gasteiger partial charge on any atom is -0.480 e. The number of rotatable bonds is 41. The number of aromatic nitrogens is 3. The Hall–Kier alpha value is -10.6. The lowest BCUT2D eigenvalue weighted by Gasteiger charge is -2.32. The molecule has 4 aromatic rings. The molecule has 1 saturated heterocycles. The first-order chi connectivity index (χ1) is 50.7. The molecule has 1 aliphatic heterocycles. The summed E-state index contributed by atoms with van der Waals surface area (Å²) in [4.78, 5) is 216. The van der Waals surface area contributed by atoms with Gasteiger partial charge < -0.3 is 89.5 Å². The van der Waals surface area contributed by atoms with Crippen molar-refractivity contribution >= 4 is 117 Å². The van der Waals surface area contributed by atoms with Gasteiger partial charge in [-0.25, -0.2) is 4.98 Å². The fourth-order valence-electron chi connectivity index (χ4n) is 11.4. The van der Waals surface area contributed by atoms with Gasteiger partial charge in [0.1, 0.15) is 42.3 Å². The quantitative estimate of drug-likeness (QED) is 0.0203.